The molecule has 0 spiro atoms. The average Bonchev–Trinajstić information content (AvgIpc) is 2.56. The Balaban J connectivity index is 2.09. The largest absolute Gasteiger partial charge is 0.496 e. The van der Waals surface area contributed by atoms with Crippen LogP contribution in [0.5, 0.6) is 5.75 Å². The molecule has 0 aromatic heterocycles. The molecular formula is C15H18ClIN2O4. The number of carbonyl (C=O) groups excluding carboxylic acids is 2. The monoisotopic (exact) mass is 452 g/mol. The van der Waals surface area contributed by atoms with Crippen LogP contribution in [0.15, 0.2) is 12.1 Å². The smallest absolute Gasteiger partial charge is 0.255 e. The molecule has 1 fully saturated rings. The Morgan fingerprint density at radius 3 is 2.65 bits per heavy atom. The Morgan fingerprint density at radius 2 is 2.04 bits per heavy atom. The van der Waals surface area contributed by atoms with Crippen molar-refractivity contribution in [3.05, 3.63) is 26.3 Å². The molecule has 0 aliphatic carbocycles. The van der Waals surface area contributed by atoms with Crippen LogP contribution in [-0.2, 0) is 9.53 Å². The summed E-state index contributed by atoms with van der Waals surface area (Å²) in [6, 6.07) is 2.60. The molecule has 1 saturated heterocycles. The van der Waals surface area contributed by atoms with Crippen LogP contribution in [0.25, 0.3) is 0 Å². The van der Waals surface area contributed by atoms with Crippen molar-refractivity contribution in [2.24, 2.45) is 0 Å². The second kappa shape index (κ2) is 8.16. The molecule has 2 amide bonds. The quantitative estimate of drug-likeness (QED) is 0.709. The third kappa shape index (κ3) is 4.48. The Morgan fingerprint density at radius 1 is 1.39 bits per heavy atom. The van der Waals surface area contributed by atoms with Crippen molar-refractivity contribution in [2.45, 2.75) is 13.0 Å². The Kier molecular flexibility index (Phi) is 6.49. The lowest BCUT2D eigenvalue weighted by molar-refractivity contribution is -0.136. The van der Waals surface area contributed by atoms with Gasteiger partial charge in [0.05, 0.1) is 30.9 Å². The lowest BCUT2D eigenvalue weighted by Crippen LogP contribution is -2.50. The number of rotatable bonds is 4. The van der Waals surface area contributed by atoms with Crippen LogP contribution in [-0.4, -0.2) is 56.2 Å². The summed E-state index contributed by atoms with van der Waals surface area (Å²) in [4.78, 5) is 26.5. The summed E-state index contributed by atoms with van der Waals surface area (Å²) in [5, 5.41) is 3.16. The van der Waals surface area contributed by atoms with Gasteiger partial charge in [-0.1, -0.05) is 11.6 Å². The summed E-state index contributed by atoms with van der Waals surface area (Å²) in [6.45, 7) is 3.78. The van der Waals surface area contributed by atoms with E-state index in [-0.39, 0.29) is 5.91 Å². The fraction of sp³-hybridized carbons (Fsp3) is 0.467. The van der Waals surface area contributed by atoms with Gasteiger partial charge in [0.2, 0.25) is 5.91 Å². The summed E-state index contributed by atoms with van der Waals surface area (Å²) in [5.41, 5.74) is 0.305. The number of nitrogens with one attached hydrogen (secondary N) is 1. The van der Waals surface area contributed by atoms with Crippen LogP contribution in [0.2, 0.25) is 5.02 Å². The number of halogens is 2. The fourth-order valence-electron chi connectivity index (χ4n) is 2.27. The second-order valence-corrected chi connectivity index (χ2v) is 6.67. The molecule has 2 rings (SSSR count). The molecule has 126 valence electrons. The first kappa shape index (κ1) is 18.3. The lowest BCUT2D eigenvalue weighted by Gasteiger charge is -2.29. The highest BCUT2D eigenvalue weighted by atomic mass is 127. The van der Waals surface area contributed by atoms with Crippen LogP contribution in [0, 0.1) is 3.57 Å². The van der Waals surface area contributed by atoms with Crippen molar-refractivity contribution in [3.63, 3.8) is 0 Å². The number of nitrogens with zero attached hydrogens (tertiary/aromatic N) is 1. The predicted molar refractivity (Wildman–Crippen MR) is 95.0 cm³/mol. The van der Waals surface area contributed by atoms with Gasteiger partial charge in [0.1, 0.15) is 11.8 Å². The van der Waals surface area contributed by atoms with Gasteiger partial charge in [-0.3, -0.25) is 9.59 Å². The van der Waals surface area contributed by atoms with Gasteiger partial charge in [-0.05, 0) is 41.6 Å². The Hall–Kier alpha value is -1.06. The maximum absolute atomic E-state index is 12.4. The van der Waals surface area contributed by atoms with Gasteiger partial charge in [0.15, 0.2) is 0 Å². The molecular weight excluding hydrogens is 435 g/mol. The number of hydrogen-bond acceptors (Lipinski definition) is 4. The van der Waals surface area contributed by atoms with E-state index in [2.05, 4.69) is 27.9 Å². The number of morpholine rings is 1. The number of methoxy groups -OCH3 is 1. The van der Waals surface area contributed by atoms with Gasteiger partial charge >= 0.3 is 0 Å². The molecule has 1 heterocycles. The zero-order valence-corrected chi connectivity index (χ0v) is 15.8. The maximum atomic E-state index is 12.4. The summed E-state index contributed by atoms with van der Waals surface area (Å²) in [5.74, 6) is -0.103. The average molecular weight is 453 g/mol. The third-order valence-corrected chi connectivity index (χ3v) is 5.05. The van der Waals surface area contributed by atoms with Crippen LogP contribution >= 0.6 is 34.2 Å². The van der Waals surface area contributed by atoms with Crippen molar-refractivity contribution in [3.8, 4) is 5.75 Å². The minimum atomic E-state index is -0.636. The van der Waals surface area contributed by atoms with Crippen LogP contribution < -0.4 is 10.1 Å². The first-order chi connectivity index (χ1) is 10.9. The molecule has 1 unspecified atom stereocenters. The summed E-state index contributed by atoms with van der Waals surface area (Å²) >= 11 is 8.14. The van der Waals surface area contributed by atoms with E-state index in [1.807, 2.05) is 0 Å². The highest BCUT2D eigenvalue weighted by Gasteiger charge is 2.25. The van der Waals surface area contributed by atoms with Gasteiger partial charge in [-0.15, -0.1) is 0 Å². The standard InChI is InChI=1S/C15H18ClIN2O4/c1-9(15(21)19-3-5-23-6-4-19)18-14(20)10-7-11(16)12(17)8-13(10)22-2/h7-9H,3-6H2,1-2H3,(H,18,20). The first-order valence-corrected chi connectivity index (χ1v) is 8.60. The molecule has 8 heteroatoms. The van der Waals surface area contributed by atoms with Gasteiger partial charge in [0.25, 0.3) is 5.91 Å². The minimum absolute atomic E-state index is 0.128. The highest BCUT2D eigenvalue weighted by molar-refractivity contribution is 14.1. The second-order valence-electron chi connectivity index (χ2n) is 5.10. The molecule has 0 bridgehead atoms. The fourth-order valence-corrected chi connectivity index (χ4v) is 2.87. The van der Waals surface area contributed by atoms with Gasteiger partial charge < -0.3 is 19.7 Å². The summed E-state index contributed by atoms with van der Waals surface area (Å²) in [7, 11) is 1.48. The lowest BCUT2D eigenvalue weighted by atomic mass is 10.1. The SMILES string of the molecule is COc1cc(I)c(Cl)cc1C(=O)NC(C)C(=O)N1CCOCC1. The van der Waals surface area contributed by atoms with E-state index in [9.17, 15) is 9.59 Å². The van der Waals surface area contributed by atoms with Crippen molar-refractivity contribution in [1.82, 2.24) is 10.2 Å². The molecule has 1 aromatic rings. The molecule has 1 N–H and O–H groups in total. The first-order valence-electron chi connectivity index (χ1n) is 7.14. The minimum Gasteiger partial charge on any atom is -0.496 e. The van der Waals surface area contributed by atoms with E-state index in [4.69, 9.17) is 21.1 Å². The molecule has 1 atom stereocenters. The number of benzene rings is 1. The zero-order valence-electron chi connectivity index (χ0n) is 12.9. The molecule has 1 aliphatic rings. The van der Waals surface area contributed by atoms with Gasteiger partial charge in [0, 0.05) is 16.7 Å². The maximum Gasteiger partial charge on any atom is 0.255 e. The third-order valence-electron chi connectivity index (χ3n) is 3.53. The number of amides is 2. The Bertz CT molecular complexity index is 605. The molecule has 23 heavy (non-hydrogen) atoms. The molecule has 1 aliphatic heterocycles. The van der Waals surface area contributed by atoms with Crippen molar-refractivity contribution >= 4 is 46.0 Å². The van der Waals surface area contributed by atoms with Crippen molar-refractivity contribution in [2.75, 3.05) is 33.4 Å². The summed E-state index contributed by atoms with van der Waals surface area (Å²) < 4.78 is 11.2. The Labute approximate surface area is 153 Å². The molecule has 0 saturated carbocycles. The normalized spacial score (nSPS) is 15.9. The molecule has 0 radical (unpaired) electrons. The zero-order chi connectivity index (χ0) is 17.0. The predicted octanol–water partition coefficient (Wildman–Crippen LogP) is 1.93. The van der Waals surface area contributed by atoms with E-state index in [1.165, 1.54) is 7.11 Å². The van der Waals surface area contributed by atoms with Crippen molar-refractivity contribution in [1.29, 1.82) is 0 Å². The van der Waals surface area contributed by atoms with Crippen molar-refractivity contribution < 1.29 is 19.1 Å². The van der Waals surface area contributed by atoms with Crippen LogP contribution in [0.4, 0.5) is 0 Å². The molecule has 6 nitrogen and oxygen atoms in total. The van der Waals surface area contributed by atoms with E-state index in [1.54, 1.807) is 24.0 Å². The molecule has 1 aromatic carbocycles. The summed E-state index contributed by atoms with van der Waals surface area (Å²) in [6.07, 6.45) is 0. The van der Waals surface area contributed by atoms with E-state index < -0.39 is 11.9 Å². The van der Waals surface area contributed by atoms with E-state index in [0.717, 1.165) is 3.57 Å². The van der Waals surface area contributed by atoms with E-state index in [0.29, 0.717) is 42.6 Å². The number of carbonyl (C=O) groups is 2. The highest BCUT2D eigenvalue weighted by Crippen LogP contribution is 2.28. The topological polar surface area (TPSA) is 67.9 Å². The number of ether oxygens (including phenoxy) is 2. The van der Waals surface area contributed by atoms with Crippen LogP contribution in [0.1, 0.15) is 17.3 Å². The van der Waals surface area contributed by atoms with Gasteiger partial charge in [-0.2, -0.15) is 0 Å². The van der Waals surface area contributed by atoms with Gasteiger partial charge in [-0.25, -0.2) is 0 Å². The number of hydrogen-bond donors (Lipinski definition) is 1. The van der Waals surface area contributed by atoms with Crippen LogP contribution in [0.3, 0.4) is 0 Å². The van der Waals surface area contributed by atoms with E-state index >= 15 is 0 Å².